The maximum absolute atomic E-state index is 12.4. The SMILES string of the molecule is CCCCCCCC(=O)OCCOC(=O)[C@](C)(Cc1ccc(O)c(O)c1)NN. The molecule has 0 aliphatic rings. The van der Waals surface area contributed by atoms with Gasteiger partial charge < -0.3 is 19.7 Å². The van der Waals surface area contributed by atoms with E-state index in [0.29, 0.717) is 12.0 Å². The van der Waals surface area contributed by atoms with Crippen LogP contribution in [0.15, 0.2) is 18.2 Å². The van der Waals surface area contributed by atoms with E-state index in [4.69, 9.17) is 15.3 Å². The molecule has 0 spiro atoms. The normalized spacial score (nSPS) is 13.0. The van der Waals surface area contributed by atoms with Gasteiger partial charge in [-0.1, -0.05) is 38.7 Å². The third-order valence-electron chi connectivity index (χ3n) is 4.43. The number of benzene rings is 1. The standard InChI is InChI=1S/C20H32N2O6/c1-3-4-5-6-7-8-18(25)27-11-12-28-19(26)20(2,22-21)14-15-9-10-16(23)17(24)13-15/h9-10,13,22-24H,3-8,11-12,14,21H2,1-2H3/t20-/m0/s1. The van der Waals surface area contributed by atoms with Gasteiger partial charge in [-0.25, -0.2) is 10.2 Å². The second-order valence-corrected chi connectivity index (χ2v) is 7.00. The first kappa shape index (κ1) is 23.7. The average Bonchev–Trinajstić information content (AvgIpc) is 2.67. The molecule has 0 amide bonds. The monoisotopic (exact) mass is 396 g/mol. The molecule has 0 aliphatic carbocycles. The van der Waals surface area contributed by atoms with E-state index in [2.05, 4.69) is 12.3 Å². The van der Waals surface area contributed by atoms with Crippen LogP contribution in [0, 0.1) is 0 Å². The Morgan fingerprint density at radius 2 is 1.75 bits per heavy atom. The third-order valence-corrected chi connectivity index (χ3v) is 4.43. The summed E-state index contributed by atoms with van der Waals surface area (Å²) in [6.45, 7) is 3.61. The van der Waals surface area contributed by atoms with Gasteiger partial charge in [-0.05, 0) is 31.0 Å². The molecule has 1 aromatic carbocycles. The van der Waals surface area contributed by atoms with Crippen molar-refractivity contribution in [2.75, 3.05) is 13.2 Å². The Bertz CT molecular complexity index is 637. The quantitative estimate of drug-likeness (QED) is 0.131. The van der Waals surface area contributed by atoms with Crippen molar-refractivity contribution in [1.82, 2.24) is 5.43 Å². The number of phenols is 2. The second-order valence-electron chi connectivity index (χ2n) is 7.00. The van der Waals surface area contributed by atoms with Gasteiger partial charge in [-0.2, -0.15) is 0 Å². The number of aromatic hydroxyl groups is 2. The minimum absolute atomic E-state index is 0.0137. The fourth-order valence-corrected chi connectivity index (χ4v) is 2.66. The molecule has 8 nitrogen and oxygen atoms in total. The lowest BCUT2D eigenvalue weighted by Crippen LogP contribution is -2.55. The van der Waals surface area contributed by atoms with Gasteiger partial charge in [0.2, 0.25) is 0 Å². The topological polar surface area (TPSA) is 131 Å². The highest BCUT2D eigenvalue weighted by molar-refractivity contribution is 5.80. The van der Waals surface area contributed by atoms with Crippen LogP contribution in [-0.4, -0.2) is 40.9 Å². The van der Waals surface area contributed by atoms with E-state index in [9.17, 15) is 19.8 Å². The fourth-order valence-electron chi connectivity index (χ4n) is 2.66. The lowest BCUT2D eigenvalue weighted by Gasteiger charge is -2.26. The van der Waals surface area contributed by atoms with Gasteiger partial charge >= 0.3 is 11.9 Å². The largest absolute Gasteiger partial charge is 0.504 e. The Labute approximate surface area is 166 Å². The number of hydrazine groups is 1. The molecule has 1 aromatic rings. The zero-order valence-corrected chi connectivity index (χ0v) is 16.7. The van der Waals surface area contributed by atoms with Gasteiger partial charge in [0, 0.05) is 12.8 Å². The number of rotatable bonds is 13. The molecular formula is C20H32N2O6. The van der Waals surface area contributed by atoms with Gasteiger partial charge in [0.15, 0.2) is 11.5 Å². The Morgan fingerprint density at radius 1 is 1.07 bits per heavy atom. The summed E-state index contributed by atoms with van der Waals surface area (Å²) in [5.41, 5.74) is 1.77. The van der Waals surface area contributed by atoms with Crippen molar-refractivity contribution in [3.05, 3.63) is 23.8 Å². The van der Waals surface area contributed by atoms with Crippen molar-refractivity contribution in [1.29, 1.82) is 0 Å². The number of hydrogen-bond donors (Lipinski definition) is 4. The van der Waals surface area contributed by atoms with Gasteiger partial charge in [0.25, 0.3) is 0 Å². The van der Waals surface area contributed by atoms with Crippen molar-refractivity contribution in [3.63, 3.8) is 0 Å². The van der Waals surface area contributed by atoms with Crippen LogP contribution in [-0.2, 0) is 25.5 Å². The molecule has 8 heteroatoms. The van der Waals surface area contributed by atoms with Gasteiger partial charge in [-0.3, -0.25) is 10.6 Å². The number of carbonyl (C=O) groups is 2. The number of nitrogens with two attached hydrogens (primary N) is 1. The highest BCUT2D eigenvalue weighted by Crippen LogP contribution is 2.27. The minimum Gasteiger partial charge on any atom is -0.504 e. The van der Waals surface area contributed by atoms with Crippen LogP contribution in [0.5, 0.6) is 11.5 Å². The van der Waals surface area contributed by atoms with E-state index in [1.165, 1.54) is 18.6 Å². The number of ether oxygens (including phenoxy) is 2. The van der Waals surface area contributed by atoms with Crippen molar-refractivity contribution < 1.29 is 29.3 Å². The summed E-state index contributed by atoms with van der Waals surface area (Å²) in [6, 6.07) is 4.25. The number of nitrogens with one attached hydrogen (secondary N) is 1. The molecule has 0 saturated carbocycles. The average molecular weight is 396 g/mol. The fraction of sp³-hybridized carbons (Fsp3) is 0.600. The zero-order valence-electron chi connectivity index (χ0n) is 16.7. The molecule has 0 fully saturated rings. The molecular weight excluding hydrogens is 364 g/mol. The molecule has 0 aliphatic heterocycles. The van der Waals surface area contributed by atoms with Crippen LogP contribution >= 0.6 is 0 Å². The predicted octanol–water partition coefficient (Wildman–Crippen LogP) is 2.31. The number of unbranched alkanes of at least 4 members (excludes halogenated alkanes) is 4. The van der Waals surface area contributed by atoms with Crippen molar-refractivity contribution >= 4 is 11.9 Å². The molecule has 0 unspecified atom stereocenters. The van der Waals surface area contributed by atoms with Crippen LogP contribution in [0.4, 0.5) is 0 Å². The molecule has 1 rings (SSSR count). The number of hydrogen-bond acceptors (Lipinski definition) is 8. The highest BCUT2D eigenvalue weighted by Gasteiger charge is 2.34. The number of carbonyl (C=O) groups excluding carboxylic acids is 2. The zero-order chi connectivity index (χ0) is 21.0. The molecule has 1 atom stereocenters. The Morgan fingerprint density at radius 3 is 2.39 bits per heavy atom. The summed E-state index contributed by atoms with van der Waals surface area (Å²) in [7, 11) is 0. The van der Waals surface area contributed by atoms with Crippen molar-refractivity contribution in [2.24, 2.45) is 5.84 Å². The number of esters is 2. The molecule has 0 aromatic heterocycles. The van der Waals surface area contributed by atoms with Gasteiger partial charge in [0.1, 0.15) is 18.8 Å². The Kier molecular flexibility index (Phi) is 10.3. The molecule has 5 N–H and O–H groups in total. The van der Waals surface area contributed by atoms with E-state index in [0.717, 1.165) is 25.7 Å². The summed E-state index contributed by atoms with van der Waals surface area (Å²) < 4.78 is 10.2. The van der Waals surface area contributed by atoms with Crippen molar-refractivity contribution in [2.45, 2.75) is 64.3 Å². The smallest absolute Gasteiger partial charge is 0.327 e. The molecule has 0 heterocycles. The molecule has 0 saturated heterocycles. The van der Waals surface area contributed by atoms with E-state index in [-0.39, 0.29) is 37.1 Å². The summed E-state index contributed by atoms with van der Waals surface area (Å²) in [5.74, 6) is 4.07. The summed E-state index contributed by atoms with van der Waals surface area (Å²) in [5, 5.41) is 18.9. The van der Waals surface area contributed by atoms with Crippen LogP contribution < -0.4 is 11.3 Å². The first-order valence-electron chi connectivity index (χ1n) is 9.64. The lowest BCUT2D eigenvalue weighted by atomic mass is 9.93. The molecule has 158 valence electrons. The van der Waals surface area contributed by atoms with Crippen LogP contribution in [0.1, 0.15) is 57.9 Å². The van der Waals surface area contributed by atoms with E-state index in [1.54, 1.807) is 13.0 Å². The maximum atomic E-state index is 12.4. The number of phenolic OH excluding ortho intramolecular Hbond substituents is 2. The summed E-state index contributed by atoms with van der Waals surface area (Å²) in [4.78, 5) is 24.0. The summed E-state index contributed by atoms with van der Waals surface area (Å²) in [6.07, 6.45) is 5.74. The predicted molar refractivity (Wildman–Crippen MR) is 104 cm³/mol. The maximum Gasteiger partial charge on any atom is 0.327 e. The van der Waals surface area contributed by atoms with E-state index < -0.39 is 11.5 Å². The van der Waals surface area contributed by atoms with Gasteiger partial charge in [0.05, 0.1) is 0 Å². The second kappa shape index (κ2) is 12.2. The first-order valence-corrected chi connectivity index (χ1v) is 9.64. The van der Waals surface area contributed by atoms with E-state index in [1.807, 2.05) is 0 Å². The van der Waals surface area contributed by atoms with Crippen LogP contribution in [0.25, 0.3) is 0 Å². The highest BCUT2D eigenvalue weighted by atomic mass is 16.6. The van der Waals surface area contributed by atoms with Gasteiger partial charge in [-0.15, -0.1) is 0 Å². The summed E-state index contributed by atoms with van der Waals surface area (Å²) >= 11 is 0. The van der Waals surface area contributed by atoms with Crippen LogP contribution in [0.3, 0.4) is 0 Å². The third kappa shape index (κ3) is 8.14. The molecule has 0 radical (unpaired) electrons. The lowest BCUT2D eigenvalue weighted by molar-refractivity contribution is -0.156. The van der Waals surface area contributed by atoms with Crippen molar-refractivity contribution in [3.8, 4) is 11.5 Å². The first-order chi connectivity index (χ1) is 13.3. The van der Waals surface area contributed by atoms with E-state index >= 15 is 0 Å². The van der Waals surface area contributed by atoms with Crippen LogP contribution in [0.2, 0.25) is 0 Å². The molecule has 0 bridgehead atoms. The Hall–Kier alpha value is -2.32. The molecule has 28 heavy (non-hydrogen) atoms. The Balaban J connectivity index is 2.36. The minimum atomic E-state index is -1.24.